The number of hydrogen-bond donors (Lipinski definition) is 1. The van der Waals surface area contributed by atoms with E-state index in [2.05, 4.69) is 16.4 Å². The maximum Gasteiger partial charge on any atom is 0.149 e. The molecule has 3 aromatic rings. The minimum absolute atomic E-state index is 0.564. The number of aromatic nitrogens is 1. The zero-order valence-corrected chi connectivity index (χ0v) is 12.4. The average molecular weight is 289 g/mol. The first-order valence-corrected chi connectivity index (χ1v) is 6.93. The smallest absolute Gasteiger partial charge is 0.149 e. The Balaban J connectivity index is 2.07. The predicted molar refractivity (Wildman–Crippen MR) is 87.5 cm³/mol. The number of nitrogens with zero attached hydrogens (tertiary/aromatic N) is 2. The fraction of sp³-hybridized carbons (Fsp3) is 0.111. The lowest BCUT2D eigenvalue weighted by Gasteiger charge is -2.12. The van der Waals surface area contributed by atoms with Crippen molar-refractivity contribution in [2.45, 2.75) is 6.92 Å². The Bertz CT molecular complexity index is 864. The van der Waals surface area contributed by atoms with Gasteiger partial charge in [-0.15, -0.1) is 0 Å². The molecule has 1 heterocycles. The van der Waals surface area contributed by atoms with E-state index in [1.54, 1.807) is 7.11 Å². The highest BCUT2D eigenvalue weighted by atomic mass is 16.5. The molecule has 0 spiro atoms. The van der Waals surface area contributed by atoms with Gasteiger partial charge in [-0.2, -0.15) is 5.26 Å². The van der Waals surface area contributed by atoms with Gasteiger partial charge in [0.15, 0.2) is 0 Å². The zero-order chi connectivity index (χ0) is 15.5. The van der Waals surface area contributed by atoms with Crippen LogP contribution in [0.4, 0.5) is 11.5 Å². The Hall–Kier alpha value is -3.06. The topological polar surface area (TPSA) is 57.9 Å². The van der Waals surface area contributed by atoms with Crippen molar-refractivity contribution in [3.8, 4) is 11.8 Å². The summed E-state index contributed by atoms with van der Waals surface area (Å²) in [5, 5.41) is 13.7. The Morgan fingerprint density at radius 3 is 2.50 bits per heavy atom. The summed E-state index contributed by atoms with van der Waals surface area (Å²) in [5.74, 6) is 1.36. The van der Waals surface area contributed by atoms with Gasteiger partial charge in [0.1, 0.15) is 17.6 Å². The lowest BCUT2D eigenvalue weighted by Crippen LogP contribution is -2.00. The van der Waals surface area contributed by atoms with Crippen molar-refractivity contribution in [3.05, 3.63) is 59.7 Å². The van der Waals surface area contributed by atoms with Crippen LogP contribution in [0.1, 0.15) is 11.1 Å². The first-order chi connectivity index (χ1) is 10.7. The third-order valence-corrected chi connectivity index (χ3v) is 3.62. The van der Waals surface area contributed by atoms with Crippen molar-refractivity contribution in [1.29, 1.82) is 5.26 Å². The molecule has 0 bridgehead atoms. The van der Waals surface area contributed by atoms with Gasteiger partial charge >= 0.3 is 0 Å². The number of hydrogen-bond acceptors (Lipinski definition) is 4. The van der Waals surface area contributed by atoms with Crippen molar-refractivity contribution in [1.82, 2.24) is 4.98 Å². The van der Waals surface area contributed by atoms with Crippen LogP contribution in [0.2, 0.25) is 0 Å². The number of nitriles is 1. The molecule has 3 rings (SSSR count). The second kappa shape index (κ2) is 5.74. The number of fused-ring (bicyclic) bond motifs is 1. The Morgan fingerprint density at radius 1 is 1.09 bits per heavy atom. The molecule has 1 N–H and O–H groups in total. The summed E-state index contributed by atoms with van der Waals surface area (Å²) in [6, 6.07) is 17.6. The Morgan fingerprint density at radius 2 is 1.82 bits per heavy atom. The average Bonchev–Trinajstić information content (AvgIpc) is 2.56. The normalized spacial score (nSPS) is 10.2. The number of para-hydroxylation sites is 1. The summed E-state index contributed by atoms with van der Waals surface area (Å²) in [5.41, 5.74) is 3.23. The number of nitrogens with one attached hydrogen (secondary N) is 1. The molecule has 0 aliphatic rings. The summed E-state index contributed by atoms with van der Waals surface area (Å²) >= 11 is 0. The zero-order valence-electron chi connectivity index (χ0n) is 12.4. The molecule has 0 aliphatic carbocycles. The predicted octanol–water partition coefficient (Wildman–Crippen LogP) is 4.17. The maximum atomic E-state index is 9.47. The largest absolute Gasteiger partial charge is 0.497 e. The van der Waals surface area contributed by atoms with Gasteiger partial charge in [-0.1, -0.05) is 18.2 Å². The summed E-state index contributed by atoms with van der Waals surface area (Å²) in [6.45, 7) is 1.95. The molecule has 0 amide bonds. The second-order valence-corrected chi connectivity index (χ2v) is 4.94. The maximum absolute atomic E-state index is 9.47. The van der Waals surface area contributed by atoms with Crippen LogP contribution in [0.3, 0.4) is 0 Å². The van der Waals surface area contributed by atoms with Gasteiger partial charge < -0.3 is 10.1 Å². The number of methoxy groups -OCH3 is 1. The molecule has 22 heavy (non-hydrogen) atoms. The molecule has 1 aromatic heterocycles. The van der Waals surface area contributed by atoms with Crippen LogP contribution in [-0.2, 0) is 0 Å². The summed E-state index contributed by atoms with van der Waals surface area (Å²) < 4.78 is 5.15. The van der Waals surface area contributed by atoms with Gasteiger partial charge in [-0.05, 0) is 42.8 Å². The van der Waals surface area contributed by atoms with E-state index in [4.69, 9.17) is 4.74 Å². The summed E-state index contributed by atoms with van der Waals surface area (Å²) in [6.07, 6.45) is 0. The number of aryl methyl sites for hydroxylation is 1. The molecule has 108 valence electrons. The molecular weight excluding hydrogens is 274 g/mol. The van der Waals surface area contributed by atoms with Crippen molar-refractivity contribution in [3.63, 3.8) is 0 Å². The van der Waals surface area contributed by atoms with Crippen LogP contribution in [0.5, 0.6) is 5.75 Å². The third-order valence-electron chi connectivity index (χ3n) is 3.62. The first-order valence-electron chi connectivity index (χ1n) is 6.93. The van der Waals surface area contributed by atoms with Gasteiger partial charge in [0.05, 0.1) is 18.2 Å². The highest BCUT2D eigenvalue weighted by Gasteiger charge is 2.11. The van der Waals surface area contributed by atoms with Crippen LogP contribution < -0.4 is 10.1 Å². The highest BCUT2D eigenvalue weighted by molar-refractivity contribution is 5.87. The quantitative estimate of drug-likeness (QED) is 0.786. The fourth-order valence-corrected chi connectivity index (χ4v) is 2.42. The van der Waals surface area contributed by atoms with Crippen molar-refractivity contribution in [2.75, 3.05) is 12.4 Å². The van der Waals surface area contributed by atoms with E-state index < -0.39 is 0 Å². The molecule has 0 atom stereocenters. The second-order valence-electron chi connectivity index (χ2n) is 4.94. The van der Waals surface area contributed by atoms with Crippen LogP contribution in [0, 0.1) is 18.3 Å². The molecule has 0 unspecified atom stereocenters. The van der Waals surface area contributed by atoms with Gasteiger partial charge in [-0.25, -0.2) is 4.98 Å². The first kappa shape index (κ1) is 13.9. The van der Waals surface area contributed by atoms with E-state index in [0.29, 0.717) is 11.4 Å². The van der Waals surface area contributed by atoms with E-state index >= 15 is 0 Å². The molecule has 0 aliphatic heterocycles. The number of rotatable bonds is 3. The molecule has 2 aromatic carbocycles. The molecule has 0 saturated heterocycles. The number of ether oxygens (including phenoxy) is 1. The van der Waals surface area contributed by atoms with E-state index in [0.717, 1.165) is 27.9 Å². The van der Waals surface area contributed by atoms with Gasteiger partial charge in [0.25, 0.3) is 0 Å². The number of anilines is 2. The third kappa shape index (κ3) is 2.45. The molecule has 0 saturated carbocycles. The van der Waals surface area contributed by atoms with Gasteiger partial charge in [0.2, 0.25) is 0 Å². The Labute approximate surface area is 129 Å². The van der Waals surface area contributed by atoms with Crippen LogP contribution >= 0.6 is 0 Å². The molecule has 4 nitrogen and oxygen atoms in total. The molecule has 0 fully saturated rings. The lowest BCUT2D eigenvalue weighted by molar-refractivity contribution is 0.415. The van der Waals surface area contributed by atoms with Crippen LogP contribution in [0.15, 0.2) is 48.5 Å². The minimum Gasteiger partial charge on any atom is -0.497 e. The molecule has 0 radical (unpaired) electrons. The van der Waals surface area contributed by atoms with Crippen LogP contribution in [0.25, 0.3) is 10.9 Å². The van der Waals surface area contributed by atoms with Crippen molar-refractivity contribution >= 4 is 22.4 Å². The minimum atomic E-state index is 0.564. The number of pyridine rings is 1. The van der Waals surface area contributed by atoms with Crippen molar-refractivity contribution < 1.29 is 4.74 Å². The standard InChI is InChI=1S/C18H15N3O/c1-12-15-5-3-4-6-17(15)21-18(16(12)11-19)20-13-7-9-14(22-2)10-8-13/h3-10H,1-2H3,(H,20,21). The summed E-state index contributed by atoms with van der Waals surface area (Å²) in [7, 11) is 1.63. The van der Waals surface area contributed by atoms with Gasteiger partial charge in [0, 0.05) is 11.1 Å². The lowest BCUT2D eigenvalue weighted by atomic mass is 10.0. The van der Waals surface area contributed by atoms with Gasteiger partial charge in [-0.3, -0.25) is 0 Å². The van der Waals surface area contributed by atoms with E-state index in [1.807, 2.05) is 55.5 Å². The highest BCUT2D eigenvalue weighted by Crippen LogP contribution is 2.28. The van der Waals surface area contributed by atoms with Crippen molar-refractivity contribution in [2.24, 2.45) is 0 Å². The molecular formula is C18H15N3O. The summed E-state index contributed by atoms with van der Waals surface area (Å²) in [4.78, 5) is 4.58. The van der Waals surface area contributed by atoms with Crippen LogP contribution in [-0.4, -0.2) is 12.1 Å². The van der Waals surface area contributed by atoms with E-state index in [-0.39, 0.29) is 0 Å². The van der Waals surface area contributed by atoms with E-state index in [9.17, 15) is 5.26 Å². The monoisotopic (exact) mass is 289 g/mol. The fourth-order valence-electron chi connectivity index (χ4n) is 2.42. The SMILES string of the molecule is COc1ccc(Nc2nc3ccccc3c(C)c2C#N)cc1. The molecule has 4 heteroatoms. The van der Waals surface area contributed by atoms with E-state index in [1.165, 1.54) is 0 Å². The Kier molecular flexibility index (Phi) is 3.63. The number of benzene rings is 2.